The summed E-state index contributed by atoms with van der Waals surface area (Å²) < 4.78 is 14.3. The first-order valence-corrected chi connectivity index (χ1v) is 7.61. The topological polar surface area (TPSA) is 26.7 Å². The lowest BCUT2D eigenvalue weighted by Crippen LogP contribution is -2.36. The smallest absolute Gasteiger partial charge is 0.146 e. The summed E-state index contributed by atoms with van der Waals surface area (Å²) in [5, 5.41) is 9.53. The van der Waals surface area contributed by atoms with Crippen molar-refractivity contribution in [2.45, 2.75) is 38.3 Å². The number of fused-ring (bicyclic) bond motifs is 1. The third-order valence-corrected chi connectivity index (χ3v) is 4.60. The third kappa shape index (κ3) is 2.67. The van der Waals surface area contributed by atoms with E-state index in [2.05, 4.69) is 9.80 Å². The second kappa shape index (κ2) is 5.70. The van der Waals surface area contributed by atoms with Crippen LogP contribution in [0.1, 0.15) is 37.9 Å². The zero-order valence-corrected chi connectivity index (χ0v) is 12.1. The molecule has 3 rings (SSSR count). The quantitative estimate of drug-likeness (QED) is 0.900. The van der Waals surface area contributed by atoms with Gasteiger partial charge in [-0.1, -0.05) is 6.07 Å². The van der Waals surface area contributed by atoms with Crippen LogP contribution in [0.15, 0.2) is 18.2 Å². The van der Waals surface area contributed by atoms with Crippen LogP contribution in [0.2, 0.25) is 0 Å². The van der Waals surface area contributed by atoms with Crippen molar-refractivity contribution in [3.63, 3.8) is 0 Å². The monoisotopic (exact) mass is 278 g/mol. The molecule has 2 saturated heterocycles. The molecule has 2 aliphatic rings. The average Bonchev–Trinajstić information content (AvgIpc) is 2.76. The molecule has 2 atom stereocenters. The van der Waals surface area contributed by atoms with Gasteiger partial charge in [-0.25, -0.2) is 4.39 Å². The first-order valence-electron chi connectivity index (χ1n) is 7.61. The molecule has 2 heterocycles. The van der Waals surface area contributed by atoms with Crippen LogP contribution < -0.4 is 4.90 Å². The Bertz CT molecular complexity index is 478. The Morgan fingerprint density at radius 3 is 2.80 bits per heavy atom. The second-order valence-electron chi connectivity index (χ2n) is 6.02. The van der Waals surface area contributed by atoms with E-state index in [4.69, 9.17) is 0 Å². The highest BCUT2D eigenvalue weighted by atomic mass is 19.1. The highest BCUT2D eigenvalue weighted by molar-refractivity contribution is 5.50. The fraction of sp³-hybridized carbons (Fsp3) is 0.625. The van der Waals surface area contributed by atoms with Gasteiger partial charge in [0.05, 0.1) is 11.8 Å². The normalized spacial score (nSPS) is 25.4. The van der Waals surface area contributed by atoms with Crippen LogP contribution in [0.5, 0.6) is 0 Å². The van der Waals surface area contributed by atoms with E-state index >= 15 is 0 Å². The van der Waals surface area contributed by atoms with Crippen LogP contribution in [0, 0.1) is 5.82 Å². The molecule has 0 amide bonds. The van der Waals surface area contributed by atoms with E-state index in [1.54, 1.807) is 6.92 Å². The van der Waals surface area contributed by atoms with E-state index in [0.29, 0.717) is 17.3 Å². The number of benzene rings is 1. The predicted molar refractivity (Wildman–Crippen MR) is 78.5 cm³/mol. The van der Waals surface area contributed by atoms with Crippen LogP contribution >= 0.6 is 0 Å². The molecular weight excluding hydrogens is 255 g/mol. The first kappa shape index (κ1) is 13.8. The minimum atomic E-state index is -0.618. The number of anilines is 1. The number of hydrogen-bond acceptors (Lipinski definition) is 3. The predicted octanol–water partition coefficient (Wildman–Crippen LogP) is 2.55. The first-order chi connectivity index (χ1) is 9.65. The molecule has 3 nitrogen and oxygen atoms in total. The number of halogens is 1. The van der Waals surface area contributed by atoms with Gasteiger partial charge in [0.2, 0.25) is 0 Å². The minimum Gasteiger partial charge on any atom is -0.389 e. The second-order valence-corrected chi connectivity index (χ2v) is 6.02. The average molecular weight is 278 g/mol. The molecule has 0 saturated carbocycles. The van der Waals surface area contributed by atoms with Crippen LogP contribution in [-0.4, -0.2) is 42.2 Å². The van der Waals surface area contributed by atoms with Crippen molar-refractivity contribution < 1.29 is 9.50 Å². The molecule has 1 aromatic carbocycles. The number of hydrogen-bond donors (Lipinski definition) is 1. The molecule has 0 radical (unpaired) electrons. The summed E-state index contributed by atoms with van der Waals surface area (Å²) in [6.45, 7) is 5.83. The maximum absolute atomic E-state index is 14.3. The third-order valence-electron chi connectivity index (χ3n) is 4.60. The largest absolute Gasteiger partial charge is 0.389 e. The fourth-order valence-corrected chi connectivity index (χ4v) is 3.46. The van der Waals surface area contributed by atoms with Crippen molar-refractivity contribution in [3.05, 3.63) is 29.6 Å². The van der Waals surface area contributed by atoms with Gasteiger partial charge in [0.1, 0.15) is 5.82 Å². The van der Waals surface area contributed by atoms with E-state index < -0.39 is 6.10 Å². The molecule has 110 valence electrons. The molecule has 0 bridgehead atoms. The fourth-order valence-electron chi connectivity index (χ4n) is 3.46. The van der Waals surface area contributed by atoms with Crippen molar-refractivity contribution in [1.82, 2.24) is 4.90 Å². The van der Waals surface area contributed by atoms with Crippen molar-refractivity contribution in [2.75, 3.05) is 31.1 Å². The zero-order chi connectivity index (χ0) is 14.1. The molecule has 2 aliphatic heterocycles. The molecule has 2 unspecified atom stereocenters. The lowest BCUT2D eigenvalue weighted by Gasteiger charge is -2.27. The van der Waals surface area contributed by atoms with Crippen LogP contribution in [0.3, 0.4) is 0 Å². The lowest BCUT2D eigenvalue weighted by atomic mass is 10.1. The number of aliphatic hydroxyl groups is 1. The van der Waals surface area contributed by atoms with Gasteiger partial charge >= 0.3 is 0 Å². The standard InChI is InChI=1S/C16H23FN2O/c1-12(20)13-5-6-16(15(17)10-13)19-9-3-8-18-7-2-4-14(18)11-19/h5-6,10,12,14,20H,2-4,7-9,11H2,1H3. The molecular formula is C16H23FN2O. The molecule has 1 aromatic rings. The molecule has 0 aliphatic carbocycles. The molecule has 2 fully saturated rings. The summed E-state index contributed by atoms with van der Waals surface area (Å²) in [6.07, 6.45) is 2.97. The Balaban J connectivity index is 1.81. The van der Waals surface area contributed by atoms with Gasteiger partial charge in [-0.3, -0.25) is 4.90 Å². The summed E-state index contributed by atoms with van der Waals surface area (Å²) in [5.74, 6) is -0.213. The number of rotatable bonds is 2. The van der Waals surface area contributed by atoms with Crippen LogP contribution in [0.4, 0.5) is 10.1 Å². The van der Waals surface area contributed by atoms with Crippen molar-refractivity contribution >= 4 is 5.69 Å². The minimum absolute atomic E-state index is 0.213. The van der Waals surface area contributed by atoms with E-state index in [1.807, 2.05) is 12.1 Å². The van der Waals surface area contributed by atoms with E-state index in [1.165, 1.54) is 25.5 Å². The van der Waals surface area contributed by atoms with Gasteiger partial charge in [-0.15, -0.1) is 0 Å². The maximum Gasteiger partial charge on any atom is 0.146 e. The van der Waals surface area contributed by atoms with Gasteiger partial charge in [0, 0.05) is 25.7 Å². The van der Waals surface area contributed by atoms with Gasteiger partial charge < -0.3 is 10.0 Å². The summed E-state index contributed by atoms with van der Waals surface area (Å²) >= 11 is 0. The summed E-state index contributed by atoms with van der Waals surface area (Å²) in [4.78, 5) is 4.72. The molecule has 1 N–H and O–H groups in total. The van der Waals surface area contributed by atoms with Crippen molar-refractivity contribution in [1.29, 1.82) is 0 Å². The zero-order valence-electron chi connectivity index (χ0n) is 12.1. The summed E-state index contributed by atoms with van der Waals surface area (Å²) in [6, 6.07) is 5.70. The Labute approximate surface area is 120 Å². The summed E-state index contributed by atoms with van der Waals surface area (Å²) in [7, 11) is 0. The Morgan fingerprint density at radius 1 is 1.25 bits per heavy atom. The van der Waals surface area contributed by atoms with Crippen LogP contribution in [-0.2, 0) is 0 Å². The molecule has 0 aromatic heterocycles. The van der Waals surface area contributed by atoms with Gasteiger partial charge in [0.25, 0.3) is 0 Å². The Hall–Kier alpha value is -1.13. The van der Waals surface area contributed by atoms with E-state index in [0.717, 1.165) is 26.1 Å². The molecule has 20 heavy (non-hydrogen) atoms. The maximum atomic E-state index is 14.3. The van der Waals surface area contributed by atoms with Gasteiger partial charge in [-0.2, -0.15) is 0 Å². The number of aliphatic hydroxyl groups excluding tert-OH is 1. The lowest BCUT2D eigenvalue weighted by molar-refractivity contribution is 0.199. The highest BCUT2D eigenvalue weighted by Gasteiger charge is 2.29. The van der Waals surface area contributed by atoms with Gasteiger partial charge in [0.15, 0.2) is 0 Å². The van der Waals surface area contributed by atoms with E-state index in [-0.39, 0.29) is 5.82 Å². The highest BCUT2D eigenvalue weighted by Crippen LogP contribution is 2.28. The molecule has 4 heteroatoms. The van der Waals surface area contributed by atoms with Gasteiger partial charge in [-0.05, 0) is 50.4 Å². The summed E-state index contributed by atoms with van der Waals surface area (Å²) in [5.41, 5.74) is 1.33. The van der Waals surface area contributed by atoms with Crippen molar-refractivity contribution in [2.24, 2.45) is 0 Å². The Kier molecular flexibility index (Phi) is 3.94. The number of nitrogens with zero attached hydrogens (tertiary/aromatic N) is 2. The van der Waals surface area contributed by atoms with Crippen molar-refractivity contribution in [3.8, 4) is 0 Å². The van der Waals surface area contributed by atoms with Crippen LogP contribution in [0.25, 0.3) is 0 Å². The van der Waals surface area contributed by atoms with E-state index in [9.17, 15) is 9.50 Å². The molecule has 0 spiro atoms. The Morgan fingerprint density at radius 2 is 2.05 bits per heavy atom. The SMILES string of the molecule is CC(O)c1ccc(N2CCCN3CCCC3C2)c(F)c1.